The largest absolute Gasteiger partial charge is 0.334 e. The first kappa shape index (κ1) is 15.6. The first-order valence-electron chi connectivity index (χ1n) is 7.65. The molecular weight excluding hydrogens is 256 g/mol. The number of imidazole rings is 1. The first-order chi connectivity index (χ1) is 9.94. The summed E-state index contributed by atoms with van der Waals surface area (Å²) in [6, 6.07) is 6.76. The highest BCUT2D eigenvalue weighted by Crippen LogP contribution is 2.22. The molecule has 0 amide bonds. The van der Waals surface area contributed by atoms with E-state index in [0.717, 1.165) is 25.2 Å². The molecule has 2 nitrogen and oxygen atoms in total. The molecule has 0 radical (unpaired) electrons. The van der Waals surface area contributed by atoms with Crippen LogP contribution < -0.4 is 0 Å². The molecule has 0 saturated carbocycles. The molecule has 0 spiro atoms. The predicted octanol–water partition coefficient (Wildman–Crippen LogP) is 4.60. The average molecular weight is 282 g/mol. The van der Waals surface area contributed by atoms with Crippen molar-refractivity contribution in [2.75, 3.05) is 0 Å². The maximum atomic E-state index is 4.50. The summed E-state index contributed by atoms with van der Waals surface area (Å²) in [5, 5.41) is 0. The summed E-state index contributed by atoms with van der Waals surface area (Å²) in [5.74, 6) is 1.09. The Bertz CT molecular complexity index is 620. The van der Waals surface area contributed by atoms with Gasteiger partial charge < -0.3 is 4.57 Å². The summed E-state index contributed by atoms with van der Waals surface area (Å²) in [7, 11) is 0. The Balaban J connectivity index is 2.00. The third-order valence-electron chi connectivity index (χ3n) is 4.24. The highest BCUT2D eigenvalue weighted by Gasteiger charge is 2.21. The van der Waals surface area contributed by atoms with Crippen LogP contribution in [0.25, 0.3) is 0 Å². The Hall–Kier alpha value is -1.83. The summed E-state index contributed by atoms with van der Waals surface area (Å²) in [5.41, 5.74) is 4.08. The number of nitrogens with zero attached hydrogens (tertiary/aromatic N) is 2. The molecule has 2 aromatic rings. The van der Waals surface area contributed by atoms with Gasteiger partial charge in [-0.25, -0.2) is 4.98 Å². The second-order valence-corrected chi connectivity index (χ2v) is 6.39. The van der Waals surface area contributed by atoms with Crippen LogP contribution in [0.5, 0.6) is 0 Å². The fourth-order valence-electron chi connectivity index (χ4n) is 2.55. The zero-order valence-corrected chi connectivity index (χ0v) is 13.7. The smallest absolute Gasteiger partial charge is 0.118 e. The van der Waals surface area contributed by atoms with Crippen molar-refractivity contribution in [3.05, 3.63) is 65.8 Å². The molecule has 2 heteroatoms. The van der Waals surface area contributed by atoms with E-state index in [1.54, 1.807) is 0 Å². The van der Waals surface area contributed by atoms with Crippen molar-refractivity contribution in [2.45, 2.75) is 52.5 Å². The molecule has 1 aromatic heterocycles. The second-order valence-electron chi connectivity index (χ2n) is 6.39. The lowest BCUT2D eigenvalue weighted by Gasteiger charge is -2.21. The molecule has 0 bridgehead atoms. The van der Waals surface area contributed by atoms with Gasteiger partial charge >= 0.3 is 0 Å². The number of hydrogen-bond acceptors (Lipinski definition) is 1. The van der Waals surface area contributed by atoms with Crippen LogP contribution in [-0.4, -0.2) is 9.55 Å². The Morgan fingerprint density at radius 3 is 2.67 bits per heavy atom. The van der Waals surface area contributed by atoms with Gasteiger partial charge in [-0.05, 0) is 57.2 Å². The standard InChI is InChI=1S/C19H26N2/c1-6-19(4,5)18-20-11-13-21(18)12-7-8-17-10-9-15(2)16(3)14-17/h6,9-11,13-14H,1,7-8,12H2,2-5H3. The molecule has 0 aliphatic rings. The van der Waals surface area contributed by atoms with E-state index in [1.807, 2.05) is 12.3 Å². The molecular formula is C19H26N2. The third kappa shape index (κ3) is 3.63. The highest BCUT2D eigenvalue weighted by atomic mass is 15.1. The Morgan fingerprint density at radius 1 is 1.24 bits per heavy atom. The molecule has 0 aliphatic carbocycles. The summed E-state index contributed by atoms with van der Waals surface area (Å²) >= 11 is 0. The molecule has 1 heterocycles. The number of allylic oxidation sites excluding steroid dienone is 1. The zero-order chi connectivity index (χ0) is 15.5. The molecule has 2 rings (SSSR count). The lowest BCUT2D eigenvalue weighted by molar-refractivity contribution is 0.531. The number of aromatic nitrogens is 2. The van der Waals surface area contributed by atoms with E-state index >= 15 is 0 Å². The minimum Gasteiger partial charge on any atom is -0.334 e. The van der Waals surface area contributed by atoms with Gasteiger partial charge in [-0.15, -0.1) is 6.58 Å². The summed E-state index contributed by atoms with van der Waals surface area (Å²) < 4.78 is 2.25. The van der Waals surface area contributed by atoms with E-state index in [9.17, 15) is 0 Å². The van der Waals surface area contributed by atoms with Gasteiger partial charge in [-0.2, -0.15) is 0 Å². The van der Waals surface area contributed by atoms with Crippen molar-refractivity contribution < 1.29 is 0 Å². The maximum absolute atomic E-state index is 4.50. The van der Waals surface area contributed by atoms with Gasteiger partial charge in [-0.3, -0.25) is 0 Å². The van der Waals surface area contributed by atoms with Crippen molar-refractivity contribution in [2.24, 2.45) is 0 Å². The monoisotopic (exact) mass is 282 g/mol. The minimum atomic E-state index is -0.0794. The van der Waals surface area contributed by atoms with Gasteiger partial charge in [0.05, 0.1) is 0 Å². The van der Waals surface area contributed by atoms with Crippen molar-refractivity contribution in [3.63, 3.8) is 0 Å². The quantitative estimate of drug-likeness (QED) is 0.708. The second kappa shape index (κ2) is 6.30. The van der Waals surface area contributed by atoms with Gasteiger partial charge in [0.15, 0.2) is 0 Å². The van der Waals surface area contributed by atoms with E-state index in [2.05, 4.69) is 68.2 Å². The molecule has 0 saturated heterocycles. The zero-order valence-electron chi connectivity index (χ0n) is 13.7. The van der Waals surface area contributed by atoms with Gasteiger partial charge in [0.1, 0.15) is 5.82 Å². The summed E-state index contributed by atoms with van der Waals surface area (Å²) in [6.07, 6.45) is 8.15. The number of rotatable bonds is 6. The Kier molecular flexibility index (Phi) is 4.66. The van der Waals surface area contributed by atoms with Crippen LogP contribution in [0.4, 0.5) is 0 Å². The molecule has 0 atom stereocenters. The fraction of sp³-hybridized carbons (Fsp3) is 0.421. The fourth-order valence-corrected chi connectivity index (χ4v) is 2.55. The lowest BCUT2D eigenvalue weighted by atomic mass is 9.92. The molecule has 112 valence electrons. The normalized spacial score (nSPS) is 11.6. The molecule has 0 N–H and O–H groups in total. The topological polar surface area (TPSA) is 17.8 Å². The van der Waals surface area contributed by atoms with Crippen LogP contribution >= 0.6 is 0 Å². The average Bonchev–Trinajstić information content (AvgIpc) is 2.92. The van der Waals surface area contributed by atoms with Gasteiger partial charge in [0.2, 0.25) is 0 Å². The van der Waals surface area contributed by atoms with Gasteiger partial charge in [-0.1, -0.05) is 24.3 Å². The van der Waals surface area contributed by atoms with E-state index in [-0.39, 0.29) is 5.41 Å². The minimum absolute atomic E-state index is 0.0794. The van der Waals surface area contributed by atoms with Gasteiger partial charge in [0.25, 0.3) is 0 Å². The maximum Gasteiger partial charge on any atom is 0.118 e. The SMILES string of the molecule is C=CC(C)(C)c1nccn1CCCc1ccc(C)c(C)c1. The van der Waals surface area contributed by atoms with Crippen molar-refractivity contribution in [1.82, 2.24) is 9.55 Å². The molecule has 0 aliphatic heterocycles. The lowest BCUT2D eigenvalue weighted by Crippen LogP contribution is -2.20. The van der Waals surface area contributed by atoms with Crippen LogP contribution in [0.1, 0.15) is 42.8 Å². The van der Waals surface area contributed by atoms with Crippen LogP contribution in [0.15, 0.2) is 43.2 Å². The first-order valence-corrected chi connectivity index (χ1v) is 7.65. The molecule has 1 aromatic carbocycles. The van der Waals surface area contributed by atoms with E-state index in [4.69, 9.17) is 0 Å². The Labute approximate surface area is 128 Å². The van der Waals surface area contributed by atoms with E-state index in [0.29, 0.717) is 0 Å². The van der Waals surface area contributed by atoms with E-state index < -0.39 is 0 Å². The number of benzene rings is 1. The van der Waals surface area contributed by atoms with Gasteiger partial charge in [0, 0.05) is 24.4 Å². The van der Waals surface area contributed by atoms with E-state index in [1.165, 1.54) is 16.7 Å². The highest BCUT2D eigenvalue weighted by molar-refractivity contribution is 5.29. The predicted molar refractivity (Wildman–Crippen MR) is 89.7 cm³/mol. The molecule has 21 heavy (non-hydrogen) atoms. The van der Waals surface area contributed by atoms with Crippen molar-refractivity contribution in [3.8, 4) is 0 Å². The Morgan fingerprint density at radius 2 is 2.00 bits per heavy atom. The van der Waals surface area contributed by atoms with Crippen LogP contribution in [-0.2, 0) is 18.4 Å². The summed E-state index contributed by atoms with van der Waals surface area (Å²) in [6.45, 7) is 13.6. The number of aryl methyl sites for hydroxylation is 4. The molecule has 0 unspecified atom stereocenters. The molecule has 0 fully saturated rings. The summed E-state index contributed by atoms with van der Waals surface area (Å²) in [4.78, 5) is 4.50. The third-order valence-corrected chi connectivity index (χ3v) is 4.24. The van der Waals surface area contributed by atoms with Crippen LogP contribution in [0, 0.1) is 13.8 Å². The van der Waals surface area contributed by atoms with Crippen LogP contribution in [0.3, 0.4) is 0 Å². The van der Waals surface area contributed by atoms with Crippen LogP contribution in [0.2, 0.25) is 0 Å². The van der Waals surface area contributed by atoms with Crippen molar-refractivity contribution >= 4 is 0 Å². The number of hydrogen-bond donors (Lipinski definition) is 0. The van der Waals surface area contributed by atoms with Crippen molar-refractivity contribution in [1.29, 1.82) is 0 Å².